The number of benzene rings is 1. The molecular weight excluding hydrogens is 374 g/mol. The number of nitrogens with one attached hydrogen (secondary N) is 2. The second kappa shape index (κ2) is 7.44. The van der Waals surface area contributed by atoms with Crippen LogP contribution in [0.5, 0.6) is 0 Å². The van der Waals surface area contributed by atoms with Crippen LogP contribution in [0.15, 0.2) is 64.9 Å². The summed E-state index contributed by atoms with van der Waals surface area (Å²) in [6.45, 7) is 1.99. The highest BCUT2D eigenvalue weighted by molar-refractivity contribution is 7.10. The maximum absolute atomic E-state index is 13.0. The zero-order valence-electron chi connectivity index (χ0n) is 15.2. The van der Waals surface area contributed by atoms with E-state index in [2.05, 4.69) is 10.3 Å². The van der Waals surface area contributed by atoms with Gasteiger partial charge < -0.3 is 15.2 Å². The van der Waals surface area contributed by atoms with Crippen molar-refractivity contribution in [2.24, 2.45) is 5.92 Å². The van der Waals surface area contributed by atoms with E-state index in [1.54, 1.807) is 17.0 Å². The number of aryl methyl sites for hydroxylation is 1. The number of pyridine rings is 1. The Kier molecular flexibility index (Phi) is 4.83. The number of hydrogen-bond donors (Lipinski definition) is 2. The third-order valence-corrected chi connectivity index (χ3v) is 5.83. The molecule has 1 aliphatic rings. The molecule has 142 valence electrons. The second-order valence-electron chi connectivity index (χ2n) is 6.77. The molecule has 2 N–H and O–H groups in total. The number of rotatable bonds is 4. The Morgan fingerprint density at radius 2 is 1.93 bits per heavy atom. The molecule has 1 fully saturated rings. The molecule has 1 aliphatic heterocycles. The van der Waals surface area contributed by atoms with Crippen LogP contribution in [0.25, 0.3) is 0 Å². The Bertz CT molecular complexity index is 1060. The lowest BCUT2D eigenvalue weighted by molar-refractivity contribution is -0.122. The topological polar surface area (TPSA) is 82.3 Å². The number of carbonyl (C=O) groups excluding carboxylic acids is 2. The first-order valence-corrected chi connectivity index (χ1v) is 9.83. The zero-order valence-corrected chi connectivity index (χ0v) is 16.0. The summed E-state index contributed by atoms with van der Waals surface area (Å²) in [6.07, 6.45) is 1.59. The molecule has 0 radical (unpaired) electrons. The van der Waals surface area contributed by atoms with Crippen molar-refractivity contribution in [3.63, 3.8) is 0 Å². The first kappa shape index (κ1) is 18.2. The van der Waals surface area contributed by atoms with E-state index in [1.165, 1.54) is 17.5 Å². The van der Waals surface area contributed by atoms with Crippen molar-refractivity contribution >= 4 is 34.5 Å². The van der Waals surface area contributed by atoms with Gasteiger partial charge in [0.2, 0.25) is 11.8 Å². The molecule has 7 heteroatoms. The first-order chi connectivity index (χ1) is 13.5. The molecule has 2 amide bonds. The van der Waals surface area contributed by atoms with E-state index in [0.29, 0.717) is 0 Å². The Labute approximate surface area is 165 Å². The molecular formula is C21H19N3O3S. The lowest BCUT2D eigenvalue weighted by Crippen LogP contribution is -2.32. The summed E-state index contributed by atoms with van der Waals surface area (Å²) < 4.78 is 0. The fourth-order valence-corrected chi connectivity index (χ4v) is 4.39. The standard InChI is InChI=1S/C21H19N3O3S/c1-13-6-8-14(9-7-13)24-18(25)12-15(19(24)17-5-3-11-28-17)20(26)23-16-4-2-10-22-21(16)27/h2-11,15,19H,12H2,1H3,(H,22,27)(H,23,26). The molecule has 3 aromatic rings. The lowest BCUT2D eigenvalue weighted by Gasteiger charge is -2.27. The minimum absolute atomic E-state index is 0.0903. The molecule has 0 spiro atoms. The highest BCUT2D eigenvalue weighted by Gasteiger charge is 2.45. The van der Waals surface area contributed by atoms with E-state index < -0.39 is 12.0 Å². The normalized spacial score (nSPS) is 19.0. The van der Waals surface area contributed by atoms with Crippen molar-refractivity contribution in [3.8, 4) is 0 Å². The van der Waals surface area contributed by atoms with Gasteiger partial charge in [0.15, 0.2) is 0 Å². The minimum atomic E-state index is -0.591. The van der Waals surface area contributed by atoms with Crippen molar-refractivity contribution < 1.29 is 9.59 Å². The van der Waals surface area contributed by atoms with Gasteiger partial charge in [0.25, 0.3) is 5.56 Å². The number of carbonyl (C=O) groups is 2. The van der Waals surface area contributed by atoms with Gasteiger partial charge in [-0.2, -0.15) is 0 Å². The van der Waals surface area contributed by atoms with Crippen molar-refractivity contribution in [2.45, 2.75) is 19.4 Å². The van der Waals surface area contributed by atoms with Crippen molar-refractivity contribution in [1.82, 2.24) is 4.98 Å². The van der Waals surface area contributed by atoms with Crippen LogP contribution < -0.4 is 15.8 Å². The fourth-order valence-electron chi connectivity index (χ4n) is 3.51. The highest BCUT2D eigenvalue weighted by Crippen LogP contribution is 2.43. The molecule has 0 bridgehead atoms. The van der Waals surface area contributed by atoms with E-state index in [1.807, 2.05) is 48.7 Å². The van der Waals surface area contributed by atoms with Crippen molar-refractivity contribution in [3.05, 3.63) is 80.9 Å². The Hall–Kier alpha value is -3.19. The molecule has 28 heavy (non-hydrogen) atoms. The zero-order chi connectivity index (χ0) is 19.7. The maximum atomic E-state index is 13.0. The van der Waals surface area contributed by atoms with Gasteiger partial charge in [-0.15, -0.1) is 11.3 Å². The summed E-state index contributed by atoms with van der Waals surface area (Å²) >= 11 is 1.51. The van der Waals surface area contributed by atoms with Crippen LogP contribution in [0.3, 0.4) is 0 Å². The largest absolute Gasteiger partial charge is 0.327 e. The van der Waals surface area contributed by atoms with Gasteiger partial charge in [0.05, 0.1) is 12.0 Å². The van der Waals surface area contributed by atoms with Gasteiger partial charge >= 0.3 is 0 Å². The Morgan fingerprint density at radius 1 is 1.14 bits per heavy atom. The second-order valence-corrected chi connectivity index (χ2v) is 7.75. The van der Waals surface area contributed by atoms with E-state index in [0.717, 1.165) is 16.1 Å². The number of amides is 2. The molecule has 2 aromatic heterocycles. The molecule has 6 nitrogen and oxygen atoms in total. The summed E-state index contributed by atoms with van der Waals surface area (Å²) in [5, 5.41) is 4.62. The predicted molar refractivity (Wildman–Crippen MR) is 110 cm³/mol. The third-order valence-electron chi connectivity index (χ3n) is 4.88. The number of anilines is 2. The van der Waals surface area contributed by atoms with Gasteiger partial charge in [-0.1, -0.05) is 23.8 Å². The molecule has 1 saturated heterocycles. The first-order valence-electron chi connectivity index (χ1n) is 8.95. The van der Waals surface area contributed by atoms with Gasteiger partial charge in [-0.05, 0) is 42.6 Å². The number of thiophene rings is 1. The summed E-state index contributed by atoms with van der Waals surface area (Å²) in [5.74, 6) is -1.03. The van der Waals surface area contributed by atoms with Gasteiger partial charge in [0.1, 0.15) is 5.69 Å². The van der Waals surface area contributed by atoms with Gasteiger partial charge in [-0.25, -0.2) is 0 Å². The Balaban J connectivity index is 1.69. The smallest absolute Gasteiger partial charge is 0.271 e. The lowest BCUT2D eigenvalue weighted by atomic mass is 9.97. The van der Waals surface area contributed by atoms with Gasteiger partial charge in [-0.3, -0.25) is 14.4 Å². The average molecular weight is 393 g/mol. The molecule has 3 heterocycles. The SMILES string of the molecule is Cc1ccc(N2C(=O)CC(C(=O)Nc3ccc[nH]c3=O)C2c2cccs2)cc1. The number of aromatic nitrogens is 1. The van der Waals surface area contributed by atoms with Crippen molar-refractivity contribution in [2.75, 3.05) is 10.2 Å². The summed E-state index contributed by atoms with van der Waals surface area (Å²) in [4.78, 5) is 43.0. The van der Waals surface area contributed by atoms with Crippen LogP contribution in [-0.4, -0.2) is 16.8 Å². The highest BCUT2D eigenvalue weighted by atomic mass is 32.1. The van der Waals surface area contributed by atoms with E-state index in [9.17, 15) is 14.4 Å². The summed E-state index contributed by atoms with van der Waals surface area (Å²) in [5.41, 5.74) is 1.67. The number of nitrogens with zero attached hydrogens (tertiary/aromatic N) is 1. The predicted octanol–water partition coefficient (Wildman–Crippen LogP) is 3.48. The van der Waals surface area contributed by atoms with Crippen LogP contribution in [0, 0.1) is 12.8 Å². The monoisotopic (exact) mass is 393 g/mol. The molecule has 2 unspecified atom stereocenters. The molecule has 2 atom stereocenters. The van der Waals surface area contributed by atoms with E-state index in [-0.39, 0.29) is 29.5 Å². The minimum Gasteiger partial charge on any atom is -0.327 e. The summed E-state index contributed by atoms with van der Waals surface area (Å²) in [6, 6.07) is 14.3. The van der Waals surface area contributed by atoms with Crippen LogP contribution in [0.1, 0.15) is 22.9 Å². The Morgan fingerprint density at radius 3 is 2.61 bits per heavy atom. The molecule has 0 aliphatic carbocycles. The third kappa shape index (κ3) is 3.36. The maximum Gasteiger partial charge on any atom is 0.271 e. The van der Waals surface area contributed by atoms with E-state index >= 15 is 0 Å². The number of hydrogen-bond acceptors (Lipinski definition) is 4. The number of aromatic amines is 1. The van der Waals surface area contributed by atoms with E-state index in [4.69, 9.17) is 0 Å². The quantitative estimate of drug-likeness (QED) is 0.712. The molecule has 0 saturated carbocycles. The molecule has 4 rings (SSSR count). The van der Waals surface area contributed by atoms with Gasteiger partial charge in [0, 0.05) is 23.2 Å². The number of H-pyrrole nitrogens is 1. The van der Waals surface area contributed by atoms with Crippen LogP contribution >= 0.6 is 11.3 Å². The summed E-state index contributed by atoms with van der Waals surface area (Å²) in [7, 11) is 0. The van der Waals surface area contributed by atoms with Crippen LogP contribution in [-0.2, 0) is 9.59 Å². The van der Waals surface area contributed by atoms with Crippen LogP contribution in [0.4, 0.5) is 11.4 Å². The average Bonchev–Trinajstić information content (AvgIpc) is 3.32. The van der Waals surface area contributed by atoms with Crippen LogP contribution in [0.2, 0.25) is 0 Å². The fraction of sp³-hybridized carbons (Fsp3) is 0.190. The molecule has 1 aromatic carbocycles. The van der Waals surface area contributed by atoms with Crippen molar-refractivity contribution in [1.29, 1.82) is 0 Å².